The minimum atomic E-state index is -3.54. The fourth-order valence-corrected chi connectivity index (χ4v) is 4.44. The molecule has 1 aromatic rings. The summed E-state index contributed by atoms with van der Waals surface area (Å²) in [7, 11) is -3.54. The third-order valence-corrected chi connectivity index (χ3v) is 5.84. The van der Waals surface area contributed by atoms with Gasteiger partial charge in [0.2, 0.25) is 0 Å². The topological polar surface area (TPSA) is 71.0 Å². The molecule has 0 aliphatic carbocycles. The smallest absolute Gasteiger partial charge is 0.264 e. The quantitative estimate of drug-likeness (QED) is 0.892. The van der Waals surface area contributed by atoms with Crippen molar-refractivity contribution in [1.82, 2.24) is 9.62 Å². The maximum absolute atomic E-state index is 12.5. The van der Waals surface area contributed by atoms with Gasteiger partial charge in [0.1, 0.15) is 10.7 Å². The van der Waals surface area contributed by atoms with E-state index in [1.54, 1.807) is 6.92 Å². The maximum atomic E-state index is 12.5. The predicted octanol–water partition coefficient (Wildman–Crippen LogP) is 1.39. The molecule has 1 fully saturated rings. The van der Waals surface area contributed by atoms with Crippen LogP contribution >= 0.6 is 0 Å². The van der Waals surface area contributed by atoms with Gasteiger partial charge in [0.25, 0.3) is 10.0 Å². The van der Waals surface area contributed by atoms with Crippen molar-refractivity contribution in [3.8, 4) is 0 Å². The molecule has 0 aromatic heterocycles. The number of aliphatic imine (C=N–C) groups is 1. The van der Waals surface area contributed by atoms with Crippen molar-refractivity contribution in [1.29, 1.82) is 0 Å². The summed E-state index contributed by atoms with van der Waals surface area (Å²) in [5, 5.41) is 0. The van der Waals surface area contributed by atoms with Crippen LogP contribution in [0.25, 0.3) is 4.91 Å². The van der Waals surface area contributed by atoms with E-state index in [9.17, 15) is 8.42 Å². The van der Waals surface area contributed by atoms with Crippen LogP contribution in [0.4, 0.5) is 0 Å². The number of ether oxygens (including phenoxy) is 1. The maximum Gasteiger partial charge on any atom is 0.264 e. The number of morpholine rings is 1. The van der Waals surface area contributed by atoms with Crippen molar-refractivity contribution in [3.05, 3.63) is 41.0 Å². The Hall–Kier alpha value is -1.70. The van der Waals surface area contributed by atoms with Crippen molar-refractivity contribution >= 4 is 20.8 Å². The summed E-state index contributed by atoms with van der Waals surface area (Å²) in [6.07, 6.45) is 0. The number of aryl methyl sites for hydroxylation is 1. The van der Waals surface area contributed by atoms with Gasteiger partial charge in [-0.1, -0.05) is 29.8 Å². The molecule has 6 nitrogen and oxygen atoms in total. The first-order chi connectivity index (χ1) is 11.5. The summed E-state index contributed by atoms with van der Waals surface area (Å²) in [5.41, 5.74) is 2.48. The molecule has 0 saturated carbocycles. The molecule has 3 rings (SSSR count). The van der Waals surface area contributed by atoms with Crippen molar-refractivity contribution in [2.45, 2.75) is 13.8 Å². The number of amidine groups is 1. The number of benzene rings is 1. The zero-order valence-electron chi connectivity index (χ0n) is 14.1. The van der Waals surface area contributed by atoms with Gasteiger partial charge < -0.3 is 4.74 Å². The van der Waals surface area contributed by atoms with Crippen molar-refractivity contribution in [3.63, 3.8) is 0 Å². The first-order valence-electron chi connectivity index (χ1n) is 8.13. The molecule has 2 heterocycles. The Balaban J connectivity index is 1.77. The standard InChI is InChI=1S/C17H23N3O3S/c1-13-3-5-15(6-4-13)16-14(2)17(19-24(16,21)22)18-7-8-20-9-11-23-12-10-20/h3-6H,7-12H2,1-2H3,(H,18,19). The molecule has 7 heteroatoms. The summed E-state index contributed by atoms with van der Waals surface area (Å²) < 4.78 is 32.8. The average molecular weight is 349 g/mol. The lowest BCUT2D eigenvalue weighted by atomic mass is 10.1. The Morgan fingerprint density at radius 3 is 2.50 bits per heavy atom. The fourth-order valence-electron chi connectivity index (χ4n) is 2.92. The number of hydrogen-bond donors (Lipinski definition) is 1. The lowest BCUT2D eigenvalue weighted by Crippen LogP contribution is -2.38. The van der Waals surface area contributed by atoms with Gasteiger partial charge in [-0.2, -0.15) is 0 Å². The molecular weight excluding hydrogens is 326 g/mol. The second-order valence-corrected chi connectivity index (χ2v) is 7.73. The van der Waals surface area contributed by atoms with Gasteiger partial charge in [0.05, 0.1) is 19.8 Å². The Bertz CT molecular complexity index is 761. The summed E-state index contributed by atoms with van der Waals surface area (Å²) in [6.45, 7) is 8.46. The lowest BCUT2D eigenvalue weighted by Gasteiger charge is -2.25. The predicted molar refractivity (Wildman–Crippen MR) is 95.4 cm³/mol. The zero-order valence-corrected chi connectivity index (χ0v) is 14.9. The van der Waals surface area contributed by atoms with Gasteiger partial charge in [0.15, 0.2) is 0 Å². The highest BCUT2D eigenvalue weighted by Crippen LogP contribution is 2.29. The SMILES string of the molecule is CC1=C(c2ccc(C)cc2)S(=O)(=O)NC1=NCCN1CCOCC1. The monoisotopic (exact) mass is 349 g/mol. The molecule has 0 bridgehead atoms. The van der Waals surface area contributed by atoms with Crippen LogP contribution in [-0.4, -0.2) is 58.5 Å². The molecular formula is C17H23N3O3S. The normalized spacial score (nSPS) is 22.8. The third kappa shape index (κ3) is 3.68. The first-order valence-corrected chi connectivity index (χ1v) is 9.61. The molecule has 1 aromatic carbocycles. The Morgan fingerprint density at radius 2 is 1.83 bits per heavy atom. The number of nitrogens with one attached hydrogen (secondary N) is 1. The summed E-state index contributed by atoms with van der Waals surface area (Å²) >= 11 is 0. The van der Waals surface area contributed by atoms with Gasteiger partial charge in [-0.3, -0.25) is 14.6 Å². The van der Waals surface area contributed by atoms with E-state index in [0.29, 0.717) is 28.4 Å². The second kappa shape index (κ2) is 7.04. The number of sulfonamides is 1. The van der Waals surface area contributed by atoms with Gasteiger partial charge >= 0.3 is 0 Å². The number of nitrogens with zero attached hydrogens (tertiary/aromatic N) is 2. The minimum absolute atomic E-state index is 0.327. The first kappa shape index (κ1) is 17.1. The van der Waals surface area contributed by atoms with E-state index in [2.05, 4.69) is 14.6 Å². The summed E-state index contributed by atoms with van der Waals surface area (Å²) in [6, 6.07) is 7.51. The summed E-state index contributed by atoms with van der Waals surface area (Å²) in [5.74, 6) is 0.457. The van der Waals surface area contributed by atoms with E-state index in [-0.39, 0.29) is 0 Å². The molecule has 130 valence electrons. The Kier molecular flexibility index (Phi) is 5.03. The molecule has 2 aliphatic heterocycles. The fraction of sp³-hybridized carbons (Fsp3) is 0.471. The summed E-state index contributed by atoms with van der Waals surface area (Å²) in [4.78, 5) is 7.07. The molecule has 24 heavy (non-hydrogen) atoms. The van der Waals surface area contributed by atoms with E-state index in [1.807, 2.05) is 31.2 Å². The van der Waals surface area contributed by atoms with Gasteiger partial charge in [-0.15, -0.1) is 0 Å². The van der Waals surface area contributed by atoms with Gasteiger partial charge in [-0.05, 0) is 19.4 Å². The van der Waals surface area contributed by atoms with Gasteiger partial charge in [0, 0.05) is 25.2 Å². The number of hydrogen-bond acceptors (Lipinski definition) is 5. The molecule has 0 unspecified atom stereocenters. The number of rotatable bonds is 4. The van der Waals surface area contributed by atoms with Crippen LogP contribution in [0.15, 0.2) is 34.8 Å². The molecule has 0 spiro atoms. The van der Waals surface area contributed by atoms with Crippen LogP contribution in [0.3, 0.4) is 0 Å². The van der Waals surface area contributed by atoms with E-state index >= 15 is 0 Å². The van der Waals surface area contributed by atoms with Crippen molar-refractivity contribution < 1.29 is 13.2 Å². The minimum Gasteiger partial charge on any atom is -0.379 e. The van der Waals surface area contributed by atoms with Gasteiger partial charge in [-0.25, -0.2) is 8.42 Å². The largest absolute Gasteiger partial charge is 0.379 e. The van der Waals surface area contributed by atoms with E-state index in [1.165, 1.54) is 0 Å². The van der Waals surface area contributed by atoms with Crippen molar-refractivity contribution in [2.75, 3.05) is 39.4 Å². The highest BCUT2D eigenvalue weighted by Gasteiger charge is 2.32. The molecule has 2 aliphatic rings. The highest BCUT2D eigenvalue weighted by molar-refractivity contribution is 8.00. The van der Waals surface area contributed by atoms with Crippen LogP contribution in [0.1, 0.15) is 18.1 Å². The van der Waals surface area contributed by atoms with Crippen LogP contribution in [0.2, 0.25) is 0 Å². The van der Waals surface area contributed by atoms with E-state index in [0.717, 1.165) is 38.4 Å². The average Bonchev–Trinajstić information content (AvgIpc) is 2.79. The van der Waals surface area contributed by atoms with E-state index in [4.69, 9.17) is 4.74 Å². The lowest BCUT2D eigenvalue weighted by molar-refractivity contribution is 0.0394. The molecule has 0 atom stereocenters. The van der Waals surface area contributed by atoms with Crippen LogP contribution in [0.5, 0.6) is 0 Å². The Labute approximate surface area is 143 Å². The Morgan fingerprint density at radius 1 is 1.17 bits per heavy atom. The molecule has 0 radical (unpaired) electrons. The van der Waals surface area contributed by atoms with Crippen LogP contribution in [-0.2, 0) is 14.8 Å². The zero-order chi connectivity index (χ0) is 17.2. The molecule has 1 saturated heterocycles. The van der Waals surface area contributed by atoms with E-state index < -0.39 is 10.0 Å². The second-order valence-electron chi connectivity index (χ2n) is 6.11. The highest BCUT2D eigenvalue weighted by atomic mass is 32.2. The van der Waals surface area contributed by atoms with Crippen molar-refractivity contribution in [2.24, 2.45) is 4.99 Å². The third-order valence-electron chi connectivity index (χ3n) is 4.30. The van der Waals surface area contributed by atoms with Crippen LogP contribution in [0, 0.1) is 6.92 Å². The molecule has 0 amide bonds. The van der Waals surface area contributed by atoms with Crippen LogP contribution < -0.4 is 4.72 Å². The molecule has 1 N–H and O–H groups in total.